The van der Waals surface area contributed by atoms with Crippen molar-refractivity contribution in [3.05, 3.63) is 39.3 Å². The van der Waals surface area contributed by atoms with Gasteiger partial charge in [0, 0.05) is 12.5 Å². The van der Waals surface area contributed by atoms with Crippen LogP contribution in [0.1, 0.15) is 18.1 Å². The van der Waals surface area contributed by atoms with E-state index in [1.165, 1.54) is 0 Å². The fourth-order valence-electron chi connectivity index (χ4n) is 1.32. The normalized spacial score (nSPS) is 9.53. The highest BCUT2D eigenvalue weighted by molar-refractivity contribution is 9.10. The molecule has 0 amide bonds. The Hall–Kier alpha value is -0.890. The van der Waals surface area contributed by atoms with E-state index in [2.05, 4.69) is 22.5 Å². The standard InChI is InChI=1S/C12H9BrClNOS/c1-3-4-9-11(14)8(6-15)5-10(13)12(9)16-7(2)17/h3,5H,1,4H2,2H3. The lowest BCUT2D eigenvalue weighted by molar-refractivity contribution is 0.551. The van der Waals surface area contributed by atoms with Crippen LogP contribution in [0.3, 0.4) is 0 Å². The van der Waals surface area contributed by atoms with Gasteiger partial charge in [0.1, 0.15) is 11.8 Å². The molecule has 1 aromatic rings. The van der Waals surface area contributed by atoms with Crippen LogP contribution in [0.2, 0.25) is 5.02 Å². The number of hydrogen-bond donors (Lipinski definition) is 0. The van der Waals surface area contributed by atoms with Crippen molar-refractivity contribution in [1.82, 2.24) is 0 Å². The summed E-state index contributed by atoms with van der Waals surface area (Å²) in [4.78, 5) is 0. The molecule has 0 atom stereocenters. The van der Waals surface area contributed by atoms with E-state index in [1.54, 1.807) is 19.1 Å². The minimum Gasteiger partial charge on any atom is -0.449 e. The van der Waals surface area contributed by atoms with Crippen LogP contribution in [0.4, 0.5) is 0 Å². The third-order valence-corrected chi connectivity index (χ3v) is 3.08. The van der Waals surface area contributed by atoms with Gasteiger partial charge in [0.25, 0.3) is 0 Å². The van der Waals surface area contributed by atoms with E-state index in [0.29, 0.717) is 37.8 Å². The number of hydrogen-bond acceptors (Lipinski definition) is 3. The van der Waals surface area contributed by atoms with E-state index in [0.717, 1.165) is 0 Å². The minimum atomic E-state index is 0.377. The van der Waals surface area contributed by atoms with Crippen molar-refractivity contribution in [3.63, 3.8) is 0 Å². The SMILES string of the molecule is C=CCc1c(Cl)c(C#N)cc(Br)c1OC(C)=S. The van der Waals surface area contributed by atoms with Gasteiger partial charge < -0.3 is 4.74 Å². The number of halogens is 2. The van der Waals surface area contributed by atoms with Crippen LogP contribution < -0.4 is 4.74 Å². The summed E-state index contributed by atoms with van der Waals surface area (Å²) in [6, 6.07) is 3.64. The van der Waals surface area contributed by atoms with E-state index in [1.807, 2.05) is 6.07 Å². The average molecular weight is 331 g/mol. The molecule has 0 spiro atoms. The van der Waals surface area contributed by atoms with Gasteiger partial charge in [-0.3, -0.25) is 0 Å². The number of benzene rings is 1. The zero-order valence-electron chi connectivity index (χ0n) is 9.09. The molecule has 0 aliphatic carbocycles. The van der Waals surface area contributed by atoms with Crippen molar-refractivity contribution in [2.75, 3.05) is 0 Å². The zero-order chi connectivity index (χ0) is 13.0. The predicted molar refractivity (Wildman–Crippen MR) is 76.7 cm³/mol. The Morgan fingerprint density at radius 2 is 2.41 bits per heavy atom. The number of ether oxygens (including phenoxy) is 1. The van der Waals surface area contributed by atoms with Crippen LogP contribution in [-0.4, -0.2) is 5.05 Å². The number of nitrogens with zero attached hydrogens (tertiary/aromatic N) is 1. The van der Waals surface area contributed by atoms with Gasteiger partial charge in [-0.2, -0.15) is 5.26 Å². The summed E-state index contributed by atoms with van der Waals surface area (Å²) in [5, 5.41) is 9.72. The van der Waals surface area contributed by atoms with Gasteiger partial charge in [0.05, 0.1) is 15.1 Å². The molecule has 0 unspecified atom stereocenters. The minimum absolute atomic E-state index is 0.377. The lowest BCUT2D eigenvalue weighted by Gasteiger charge is -2.13. The summed E-state index contributed by atoms with van der Waals surface area (Å²) >= 11 is 14.4. The Labute approximate surface area is 119 Å². The molecule has 0 fully saturated rings. The van der Waals surface area contributed by atoms with Gasteiger partial charge in [-0.05, 0) is 40.6 Å². The van der Waals surface area contributed by atoms with Gasteiger partial charge in [-0.1, -0.05) is 17.7 Å². The molecule has 0 saturated carbocycles. The van der Waals surface area contributed by atoms with E-state index < -0.39 is 0 Å². The first kappa shape index (κ1) is 14.2. The molecular weight excluding hydrogens is 322 g/mol. The maximum Gasteiger partial charge on any atom is 0.164 e. The molecule has 0 radical (unpaired) electrons. The summed E-state index contributed by atoms with van der Waals surface area (Å²) in [5.41, 5.74) is 1.10. The van der Waals surface area contributed by atoms with Gasteiger partial charge in [-0.25, -0.2) is 0 Å². The van der Waals surface area contributed by atoms with Crippen molar-refractivity contribution >= 4 is 44.8 Å². The van der Waals surface area contributed by atoms with Crippen molar-refractivity contribution in [2.45, 2.75) is 13.3 Å². The Bertz CT molecular complexity index is 522. The first-order valence-corrected chi connectivity index (χ1v) is 6.29. The highest BCUT2D eigenvalue weighted by Crippen LogP contribution is 2.37. The number of thiocarbonyl (C=S) groups is 1. The quantitative estimate of drug-likeness (QED) is 0.607. The molecule has 0 aliphatic heterocycles. The third-order valence-electron chi connectivity index (χ3n) is 1.98. The largest absolute Gasteiger partial charge is 0.449 e. The van der Waals surface area contributed by atoms with Crippen molar-refractivity contribution in [1.29, 1.82) is 5.26 Å². The second-order valence-corrected chi connectivity index (χ2v) is 5.03. The lowest BCUT2D eigenvalue weighted by atomic mass is 10.1. The molecule has 0 N–H and O–H groups in total. The molecule has 0 saturated heterocycles. The van der Waals surface area contributed by atoms with Gasteiger partial charge in [-0.15, -0.1) is 6.58 Å². The summed E-state index contributed by atoms with van der Waals surface area (Å²) in [6.45, 7) is 5.33. The summed E-state index contributed by atoms with van der Waals surface area (Å²) in [5.74, 6) is 0.543. The lowest BCUT2D eigenvalue weighted by Crippen LogP contribution is -2.04. The van der Waals surface area contributed by atoms with Crippen LogP contribution >= 0.6 is 39.7 Å². The Morgan fingerprint density at radius 1 is 1.76 bits per heavy atom. The molecule has 0 aromatic heterocycles. The molecule has 0 aliphatic rings. The van der Waals surface area contributed by atoms with Crippen LogP contribution in [0.15, 0.2) is 23.2 Å². The maximum absolute atomic E-state index is 8.96. The number of rotatable bonds is 3. The van der Waals surface area contributed by atoms with Gasteiger partial charge >= 0.3 is 0 Å². The molecular formula is C12H9BrClNOS. The third kappa shape index (κ3) is 3.29. The van der Waals surface area contributed by atoms with E-state index >= 15 is 0 Å². The van der Waals surface area contributed by atoms with Crippen LogP contribution in [0.25, 0.3) is 0 Å². The fraction of sp³-hybridized carbons (Fsp3) is 0.167. The first-order chi connectivity index (χ1) is 8.01. The highest BCUT2D eigenvalue weighted by atomic mass is 79.9. The maximum atomic E-state index is 8.96. The van der Waals surface area contributed by atoms with Crippen LogP contribution in [0.5, 0.6) is 5.75 Å². The fourth-order valence-corrected chi connectivity index (χ4v) is 2.22. The Morgan fingerprint density at radius 3 is 2.88 bits per heavy atom. The Kier molecular flexibility index (Phi) is 5.13. The zero-order valence-corrected chi connectivity index (χ0v) is 12.2. The van der Waals surface area contributed by atoms with E-state index in [9.17, 15) is 0 Å². The molecule has 1 aromatic carbocycles. The van der Waals surface area contributed by atoms with Gasteiger partial charge in [0.2, 0.25) is 0 Å². The summed E-state index contributed by atoms with van der Waals surface area (Å²) in [6.07, 6.45) is 2.20. The van der Waals surface area contributed by atoms with Crippen molar-refractivity contribution < 1.29 is 4.74 Å². The van der Waals surface area contributed by atoms with Gasteiger partial charge in [0.15, 0.2) is 5.05 Å². The van der Waals surface area contributed by atoms with Crippen molar-refractivity contribution in [2.24, 2.45) is 0 Å². The molecule has 0 heterocycles. The van der Waals surface area contributed by atoms with E-state index in [4.69, 9.17) is 33.8 Å². The number of nitriles is 1. The second-order valence-electron chi connectivity index (χ2n) is 3.23. The topological polar surface area (TPSA) is 33.0 Å². The molecule has 17 heavy (non-hydrogen) atoms. The van der Waals surface area contributed by atoms with Crippen LogP contribution in [-0.2, 0) is 6.42 Å². The van der Waals surface area contributed by atoms with Crippen molar-refractivity contribution in [3.8, 4) is 11.8 Å². The smallest absolute Gasteiger partial charge is 0.164 e. The number of allylic oxidation sites excluding steroid dienone is 1. The van der Waals surface area contributed by atoms with E-state index in [-0.39, 0.29) is 0 Å². The molecule has 2 nitrogen and oxygen atoms in total. The first-order valence-electron chi connectivity index (χ1n) is 4.71. The summed E-state index contributed by atoms with van der Waals surface area (Å²) < 4.78 is 6.10. The molecule has 1 rings (SSSR count). The monoisotopic (exact) mass is 329 g/mol. The Balaban J connectivity index is 3.46. The molecule has 88 valence electrons. The molecule has 5 heteroatoms. The molecule has 0 bridgehead atoms. The summed E-state index contributed by atoms with van der Waals surface area (Å²) in [7, 11) is 0. The average Bonchev–Trinajstić information content (AvgIpc) is 2.27. The predicted octanol–water partition coefficient (Wildman–Crippen LogP) is 4.43. The van der Waals surface area contributed by atoms with Crippen LogP contribution in [0, 0.1) is 11.3 Å². The highest BCUT2D eigenvalue weighted by Gasteiger charge is 2.16. The second kappa shape index (κ2) is 6.15.